The van der Waals surface area contributed by atoms with E-state index in [9.17, 15) is 4.79 Å². The first-order valence-electron chi connectivity index (χ1n) is 10.5. The van der Waals surface area contributed by atoms with Crippen molar-refractivity contribution in [2.45, 2.75) is 95.7 Å². The number of benzene rings is 1. The largest absolute Gasteiger partial charge is 0.299 e. The average Bonchev–Trinajstić information content (AvgIpc) is 2.92. The van der Waals surface area contributed by atoms with Crippen molar-refractivity contribution in [3.05, 3.63) is 30.3 Å². The van der Waals surface area contributed by atoms with Crippen LogP contribution in [0.1, 0.15) is 79.1 Å². The Kier molecular flexibility index (Phi) is 5.58. The molecule has 1 aromatic rings. The molecule has 2 fully saturated rings. The molecule has 0 unspecified atom stereocenters. The predicted octanol–water partition coefficient (Wildman–Crippen LogP) is 6.24. The number of carbonyl (C=O) groups excluding carboxylic acids is 1. The molecule has 2 saturated carbocycles. The highest BCUT2D eigenvalue weighted by Crippen LogP contribution is 2.58. The van der Waals surface area contributed by atoms with Gasteiger partial charge < -0.3 is 0 Å². The van der Waals surface area contributed by atoms with E-state index in [0.717, 1.165) is 42.3 Å². The van der Waals surface area contributed by atoms with Crippen LogP contribution in [0.3, 0.4) is 0 Å². The van der Waals surface area contributed by atoms with Gasteiger partial charge in [0.1, 0.15) is 5.78 Å². The molecule has 2 aliphatic carbocycles. The minimum Gasteiger partial charge on any atom is -0.299 e. The molecule has 0 saturated heterocycles. The second-order valence-electron chi connectivity index (χ2n) is 9.31. The van der Waals surface area contributed by atoms with E-state index in [1.165, 1.54) is 25.7 Å². The zero-order valence-corrected chi connectivity index (χ0v) is 17.7. The highest BCUT2D eigenvalue weighted by molar-refractivity contribution is 6.95. The fourth-order valence-corrected chi connectivity index (χ4v) is 13.7. The fraction of sp³-hybridized carbons (Fsp3) is 0.696. The number of hydrogen-bond donors (Lipinski definition) is 0. The summed E-state index contributed by atoms with van der Waals surface area (Å²) < 4.78 is 0. The van der Waals surface area contributed by atoms with Gasteiger partial charge in [0.15, 0.2) is 0 Å². The molecule has 1 nitrogen and oxygen atoms in total. The van der Waals surface area contributed by atoms with Crippen molar-refractivity contribution < 1.29 is 4.79 Å². The van der Waals surface area contributed by atoms with E-state index in [4.69, 9.17) is 0 Å². The van der Waals surface area contributed by atoms with Crippen molar-refractivity contribution in [1.29, 1.82) is 0 Å². The summed E-state index contributed by atoms with van der Waals surface area (Å²) >= 11 is 0. The van der Waals surface area contributed by atoms with E-state index in [2.05, 4.69) is 58.0 Å². The van der Waals surface area contributed by atoms with Crippen LogP contribution in [-0.2, 0) is 4.79 Å². The van der Waals surface area contributed by atoms with E-state index >= 15 is 0 Å². The lowest BCUT2D eigenvalue weighted by Gasteiger charge is -2.45. The third-order valence-corrected chi connectivity index (χ3v) is 14.6. The maximum atomic E-state index is 13.0. The van der Waals surface area contributed by atoms with E-state index in [0.29, 0.717) is 5.78 Å². The summed E-state index contributed by atoms with van der Waals surface area (Å²) in [5, 5.41) is 1.63. The molecule has 0 N–H and O–H groups in total. The summed E-state index contributed by atoms with van der Waals surface area (Å²) in [6, 6.07) is 11.4. The topological polar surface area (TPSA) is 17.1 Å². The third-order valence-electron chi connectivity index (χ3n) is 7.62. The first kappa shape index (κ1) is 18.9. The van der Waals surface area contributed by atoms with Crippen molar-refractivity contribution in [3.63, 3.8) is 0 Å². The fourth-order valence-electron chi connectivity index (χ4n) is 6.58. The van der Waals surface area contributed by atoms with Gasteiger partial charge in [-0.3, -0.25) is 4.79 Å². The molecule has 25 heavy (non-hydrogen) atoms. The molecular formula is C23H36OSi. The van der Waals surface area contributed by atoms with E-state index in [1.807, 2.05) is 0 Å². The standard InChI is InChI=1S/C23H36OSi/c1-18(2)25(19(3)4,20-11-7-5-8-12-20)21-14-16-23(17-21)15-10-6-9-13-22(23)24/h5,7-8,11-12,18-19,21H,6,9-10,13-17H2,1-4H3/t21-,23-/m1/s1. The predicted molar refractivity (Wildman–Crippen MR) is 110 cm³/mol. The molecular weight excluding hydrogens is 320 g/mol. The number of Topliss-reactive ketones (excluding diaryl/α,β-unsaturated/α-hetero) is 1. The molecule has 2 aliphatic rings. The Morgan fingerprint density at radius 3 is 2.28 bits per heavy atom. The summed E-state index contributed by atoms with van der Waals surface area (Å²) in [7, 11) is -1.70. The molecule has 1 spiro atoms. The minimum absolute atomic E-state index is 0.0397. The summed E-state index contributed by atoms with van der Waals surface area (Å²) in [5.74, 6) is 0.607. The molecule has 0 amide bonds. The van der Waals surface area contributed by atoms with Gasteiger partial charge in [-0.05, 0) is 42.3 Å². The van der Waals surface area contributed by atoms with Crippen LogP contribution in [0.2, 0.25) is 16.6 Å². The Labute approximate surface area is 155 Å². The van der Waals surface area contributed by atoms with Gasteiger partial charge in [-0.2, -0.15) is 0 Å². The van der Waals surface area contributed by atoms with Crippen molar-refractivity contribution in [2.24, 2.45) is 5.41 Å². The van der Waals surface area contributed by atoms with Gasteiger partial charge in [0.2, 0.25) is 0 Å². The second-order valence-corrected chi connectivity index (χ2v) is 14.9. The summed E-state index contributed by atoms with van der Waals surface area (Å²) in [6.07, 6.45) is 9.29. The third kappa shape index (κ3) is 3.16. The molecule has 138 valence electrons. The lowest BCUT2D eigenvalue weighted by atomic mass is 9.78. The van der Waals surface area contributed by atoms with E-state index < -0.39 is 8.07 Å². The second kappa shape index (κ2) is 7.38. The molecule has 2 atom stereocenters. The number of rotatable bonds is 4. The lowest BCUT2D eigenvalue weighted by Crippen LogP contribution is -2.56. The van der Waals surface area contributed by atoms with Gasteiger partial charge in [0, 0.05) is 11.8 Å². The number of hydrogen-bond acceptors (Lipinski definition) is 1. The molecule has 0 heterocycles. The summed E-state index contributed by atoms with van der Waals surface area (Å²) in [5.41, 5.74) is 2.24. The molecule has 3 rings (SSSR count). The van der Waals surface area contributed by atoms with E-state index in [1.54, 1.807) is 5.19 Å². The molecule has 0 bridgehead atoms. The van der Waals surface area contributed by atoms with Gasteiger partial charge in [0.05, 0.1) is 8.07 Å². The lowest BCUT2D eigenvalue weighted by molar-refractivity contribution is -0.128. The molecule has 0 aromatic heterocycles. The van der Waals surface area contributed by atoms with Crippen LogP contribution in [0.15, 0.2) is 30.3 Å². The van der Waals surface area contributed by atoms with Crippen molar-refractivity contribution in [3.8, 4) is 0 Å². The van der Waals surface area contributed by atoms with Gasteiger partial charge >= 0.3 is 0 Å². The number of carbonyl (C=O) groups is 1. The molecule has 1 aromatic carbocycles. The highest BCUT2D eigenvalue weighted by Gasteiger charge is 2.55. The molecule has 0 aliphatic heterocycles. The van der Waals surface area contributed by atoms with Gasteiger partial charge in [0.25, 0.3) is 0 Å². The van der Waals surface area contributed by atoms with Crippen LogP contribution < -0.4 is 5.19 Å². The normalized spacial score (nSPS) is 28.1. The zero-order valence-electron chi connectivity index (χ0n) is 16.7. The maximum Gasteiger partial charge on any atom is 0.139 e. The Morgan fingerprint density at radius 1 is 0.960 bits per heavy atom. The smallest absolute Gasteiger partial charge is 0.139 e. The first-order valence-corrected chi connectivity index (χ1v) is 12.8. The summed E-state index contributed by atoms with van der Waals surface area (Å²) in [4.78, 5) is 13.0. The minimum atomic E-state index is -1.70. The molecule has 2 heteroatoms. The van der Waals surface area contributed by atoms with Crippen LogP contribution in [0.5, 0.6) is 0 Å². The monoisotopic (exact) mass is 356 g/mol. The summed E-state index contributed by atoms with van der Waals surface area (Å²) in [6.45, 7) is 9.83. The van der Waals surface area contributed by atoms with Crippen LogP contribution in [0.25, 0.3) is 0 Å². The van der Waals surface area contributed by atoms with Crippen LogP contribution in [0, 0.1) is 5.41 Å². The first-order chi connectivity index (χ1) is 11.9. The Hall–Kier alpha value is -0.893. The quantitative estimate of drug-likeness (QED) is 0.584. The van der Waals surface area contributed by atoms with Crippen LogP contribution in [0.4, 0.5) is 0 Å². The molecule has 0 radical (unpaired) electrons. The van der Waals surface area contributed by atoms with Gasteiger partial charge in [-0.1, -0.05) is 82.5 Å². The SMILES string of the molecule is CC(C)[Si](c1ccccc1)(C(C)C)[C@@H]1CC[C@]2(CCCCCC2=O)C1. The average molecular weight is 357 g/mol. The maximum absolute atomic E-state index is 13.0. The number of ketones is 1. The van der Waals surface area contributed by atoms with Gasteiger partial charge in [-0.15, -0.1) is 0 Å². The zero-order chi connectivity index (χ0) is 18.1. The Morgan fingerprint density at radius 2 is 1.64 bits per heavy atom. The van der Waals surface area contributed by atoms with E-state index in [-0.39, 0.29) is 5.41 Å². The van der Waals surface area contributed by atoms with Crippen molar-refractivity contribution >= 4 is 19.0 Å². The van der Waals surface area contributed by atoms with Crippen molar-refractivity contribution in [1.82, 2.24) is 0 Å². The van der Waals surface area contributed by atoms with Crippen LogP contribution >= 0.6 is 0 Å². The highest BCUT2D eigenvalue weighted by atomic mass is 28.3. The Bertz CT molecular complexity index is 583. The van der Waals surface area contributed by atoms with Crippen LogP contribution in [-0.4, -0.2) is 13.9 Å². The van der Waals surface area contributed by atoms with Gasteiger partial charge in [-0.25, -0.2) is 0 Å². The Balaban J connectivity index is 2.00. The van der Waals surface area contributed by atoms with Crippen molar-refractivity contribution in [2.75, 3.05) is 0 Å².